The van der Waals surface area contributed by atoms with Crippen LogP contribution in [-0.2, 0) is 0 Å². The fourth-order valence-electron chi connectivity index (χ4n) is 2.13. The number of nitrogens with zero attached hydrogens (tertiary/aromatic N) is 2. The normalized spacial score (nSPS) is 10.1. The molecule has 6 nitrogen and oxygen atoms in total. The summed E-state index contributed by atoms with van der Waals surface area (Å²) in [5, 5.41) is 15.4. The van der Waals surface area contributed by atoms with Gasteiger partial charge in [-0.2, -0.15) is 0 Å². The van der Waals surface area contributed by atoms with Crippen LogP contribution in [0.1, 0.15) is 10.4 Å². The average Bonchev–Trinajstić information content (AvgIpc) is 3.11. The maximum atomic E-state index is 12.3. The summed E-state index contributed by atoms with van der Waals surface area (Å²) in [4.78, 5) is 12.3. The standard InChI is InChI=1S/C18H16N4O2S/c1-3-19-18-22-21-17(25-18)13-4-8-14(9-5-13)20-16(23)12-6-10-15(24-2)11-7-12/h3-11H,1H2,2H3,(H,19,22)(H,20,23). The van der Waals surface area contributed by atoms with Crippen molar-refractivity contribution < 1.29 is 9.53 Å². The van der Waals surface area contributed by atoms with Gasteiger partial charge in [0, 0.05) is 16.8 Å². The third-order valence-electron chi connectivity index (χ3n) is 3.39. The van der Waals surface area contributed by atoms with Crippen LogP contribution in [-0.4, -0.2) is 23.2 Å². The summed E-state index contributed by atoms with van der Waals surface area (Å²) in [7, 11) is 1.59. The molecular formula is C18H16N4O2S. The van der Waals surface area contributed by atoms with E-state index in [-0.39, 0.29) is 5.91 Å². The van der Waals surface area contributed by atoms with E-state index in [0.29, 0.717) is 22.1 Å². The number of anilines is 2. The van der Waals surface area contributed by atoms with Crippen LogP contribution in [0.5, 0.6) is 5.75 Å². The van der Waals surface area contributed by atoms with Gasteiger partial charge in [0.15, 0.2) is 0 Å². The van der Waals surface area contributed by atoms with Crippen molar-refractivity contribution in [1.82, 2.24) is 10.2 Å². The first-order valence-corrected chi connectivity index (χ1v) is 8.28. The number of ether oxygens (including phenoxy) is 1. The Bertz CT molecular complexity index is 873. The minimum absolute atomic E-state index is 0.177. The van der Waals surface area contributed by atoms with Crippen molar-refractivity contribution in [3.05, 3.63) is 66.9 Å². The monoisotopic (exact) mass is 352 g/mol. The summed E-state index contributed by atoms with van der Waals surface area (Å²) in [5.74, 6) is 0.534. The van der Waals surface area contributed by atoms with Crippen LogP contribution in [0.3, 0.4) is 0 Å². The molecule has 1 heterocycles. The molecule has 0 radical (unpaired) electrons. The Morgan fingerprint density at radius 2 is 1.84 bits per heavy atom. The molecule has 0 aliphatic heterocycles. The predicted molar refractivity (Wildman–Crippen MR) is 100 cm³/mol. The van der Waals surface area contributed by atoms with Gasteiger partial charge in [-0.1, -0.05) is 17.9 Å². The van der Waals surface area contributed by atoms with E-state index in [0.717, 1.165) is 10.6 Å². The van der Waals surface area contributed by atoms with Gasteiger partial charge in [-0.25, -0.2) is 0 Å². The molecule has 0 aliphatic rings. The van der Waals surface area contributed by atoms with Crippen LogP contribution < -0.4 is 15.4 Å². The minimum Gasteiger partial charge on any atom is -0.497 e. The van der Waals surface area contributed by atoms with E-state index in [1.165, 1.54) is 11.3 Å². The number of amides is 1. The van der Waals surface area contributed by atoms with Crippen molar-refractivity contribution in [2.75, 3.05) is 17.7 Å². The van der Waals surface area contributed by atoms with E-state index in [9.17, 15) is 4.79 Å². The highest BCUT2D eigenvalue weighted by Gasteiger charge is 2.08. The molecule has 3 rings (SSSR count). The Hall–Kier alpha value is -3.19. The number of methoxy groups -OCH3 is 1. The number of aromatic nitrogens is 2. The Morgan fingerprint density at radius 3 is 2.48 bits per heavy atom. The van der Waals surface area contributed by atoms with Gasteiger partial charge in [0.25, 0.3) is 5.91 Å². The molecule has 0 atom stereocenters. The molecule has 1 aromatic heterocycles. The molecule has 25 heavy (non-hydrogen) atoms. The second kappa shape index (κ2) is 7.59. The smallest absolute Gasteiger partial charge is 0.255 e. The first-order chi connectivity index (χ1) is 12.2. The molecule has 0 spiro atoms. The highest BCUT2D eigenvalue weighted by molar-refractivity contribution is 7.18. The summed E-state index contributed by atoms with van der Waals surface area (Å²) in [6.07, 6.45) is 1.56. The van der Waals surface area contributed by atoms with Gasteiger partial charge in [0.1, 0.15) is 10.8 Å². The molecule has 2 aromatic carbocycles. The molecule has 0 saturated carbocycles. The number of carbonyl (C=O) groups is 1. The summed E-state index contributed by atoms with van der Waals surface area (Å²) < 4.78 is 5.09. The Balaban J connectivity index is 1.68. The second-order valence-electron chi connectivity index (χ2n) is 5.02. The number of benzene rings is 2. The molecule has 3 aromatic rings. The second-order valence-corrected chi connectivity index (χ2v) is 6.00. The molecule has 0 bridgehead atoms. The molecule has 0 saturated heterocycles. The van der Waals surface area contributed by atoms with Crippen LogP contribution in [0.25, 0.3) is 10.6 Å². The summed E-state index contributed by atoms with van der Waals surface area (Å²) in [6, 6.07) is 14.4. The van der Waals surface area contributed by atoms with E-state index in [2.05, 4.69) is 27.4 Å². The Labute approximate surface area is 149 Å². The van der Waals surface area contributed by atoms with Gasteiger partial charge in [-0.15, -0.1) is 10.2 Å². The van der Waals surface area contributed by atoms with E-state index in [1.807, 2.05) is 24.3 Å². The lowest BCUT2D eigenvalue weighted by Gasteiger charge is -2.06. The SMILES string of the molecule is C=CNc1nnc(-c2ccc(NC(=O)c3ccc(OC)cc3)cc2)s1. The van der Waals surface area contributed by atoms with Crippen molar-refractivity contribution in [2.45, 2.75) is 0 Å². The van der Waals surface area contributed by atoms with Gasteiger partial charge >= 0.3 is 0 Å². The maximum Gasteiger partial charge on any atom is 0.255 e. The lowest BCUT2D eigenvalue weighted by atomic mass is 10.2. The molecule has 2 N–H and O–H groups in total. The van der Waals surface area contributed by atoms with Crippen LogP contribution in [0.2, 0.25) is 0 Å². The number of nitrogens with one attached hydrogen (secondary N) is 2. The van der Waals surface area contributed by atoms with Crippen LogP contribution in [0.4, 0.5) is 10.8 Å². The minimum atomic E-state index is -0.177. The fourth-order valence-corrected chi connectivity index (χ4v) is 2.87. The predicted octanol–water partition coefficient (Wildman–Crippen LogP) is 4.02. The maximum absolute atomic E-state index is 12.3. The zero-order valence-electron chi connectivity index (χ0n) is 13.5. The highest BCUT2D eigenvalue weighted by atomic mass is 32.1. The summed E-state index contributed by atoms with van der Waals surface area (Å²) in [6.45, 7) is 3.59. The third-order valence-corrected chi connectivity index (χ3v) is 4.30. The van der Waals surface area contributed by atoms with E-state index in [1.54, 1.807) is 37.6 Å². The number of rotatable bonds is 6. The molecule has 0 fully saturated rings. The fraction of sp³-hybridized carbons (Fsp3) is 0.0556. The quantitative estimate of drug-likeness (QED) is 0.701. The van der Waals surface area contributed by atoms with Gasteiger partial charge in [0.2, 0.25) is 5.13 Å². The molecule has 7 heteroatoms. The summed E-state index contributed by atoms with van der Waals surface area (Å²) >= 11 is 1.43. The van der Waals surface area contributed by atoms with Gasteiger partial charge in [-0.05, 0) is 54.7 Å². The topological polar surface area (TPSA) is 76.1 Å². The highest BCUT2D eigenvalue weighted by Crippen LogP contribution is 2.27. The molecule has 1 amide bonds. The first-order valence-electron chi connectivity index (χ1n) is 7.46. The van der Waals surface area contributed by atoms with E-state index >= 15 is 0 Å². The molecule has 126 valence electrons. The molecule has 0 aliphatic carbocycles. The molecule has 0 unspecified atom stereocenters. The van der Waals surface area contributed by atoms with Crippen LogP contribution >= 0.6 is 11.3 Å². The Kier molecular flexibility index (Phi) is 5.06. The lowest BCUT2D eigenvalue weighted by Crippen LogP contribution is -2.11. The van der Waals surface area contributed by atoms with E-state index in [4.69, 9.17) is 4.74 Å². The Morgan fingerprint density at radius 1 is 1.12 bits per heavy atom. The number of hydrogen-bond acceptors (Lipinski definition) is 6. The lowest BCUT2D eigenvalue weighted by molar-refractivity contribution is 0.102. The van der Waals surface area contributed by atoms with Crippen LogP contribution in [0.15, 0.2) is 61.3 Å². The zero-order chi connectivity index (χ0) is 17.6. The van der Waals surface area contributed by atoms with Crippen molar-refractivity contribution in [2.24, 2.45) is 0 Å². The molecular weight excluding hydrogens is 336 g/mol. The first kappa shape index (κ1) is 16.7. The third kappa shape index (κ3) is 4.02. The van der Waals surface area contributed by atoms with Crippen molar-refractivity contribution >= 4 is 28.1 Å². The zero-order valence-corrected chi connectivity index (χ0v) is 14.3. The number of hydrogen-bond donors (Lipinski definition) is 2. The van der Waals surface area contributed by atoms with Gasteiger partial charge in [-0.3, -0.25) is 4.79 Å². The van der Waals surface area contributed by atoms with Crippen molar-refractivity contribution in [3.63, 3.8) is 0 Å². The van der Waals surface area contributed by atoms with Gasteiger partial charge < -0.3 is 15.4 Å². The largest absolute Gasteiger partial charge is 0.497 e. The van der Waals surface area contributed by atoms with Gasteiger partial charge in [0.05, 0.1) is 7.11 Å². The summed E-state index contributed by atoms with van der Waals surface area (Å²) in [5.41, 5.74) is 2.20. The average molecular weight is 352 g/mol. The number of carbonyl (C=O) groups excluding carboxylic acids is 1. The van der Waals surface area contributed by atoms with E-state index < -0.39 is 0 Å². The van der Waals surface area contributed by atoms with Crippen LogP contribution in [0, 0.1) is 0 Å². The van der Waals surface area contributed by atoms with Crippen molar-refractivity contribution in [1.29, 1.82) is 0 Å². The van der Waals surface area contributed by atoms with Crippen molar-refractivity contribution in [3.8, 4) is 16.3 Å².